The zero-order valence-electron chi connectivity index (χ0n) is 26.5. The number of hydrogen-bond donors (Lipinski definition) is 0. The minimum Gasteiger partial charge on any atom is -0.309 e. The van der Waals surface area contributed by atoms with Gasteiger partial charge in [-0.25, -0.2) is 0 Å². The first-order valence-electron chi connectivity index (χ1n) is 16.1. The Balaban J connectivity index is 1.38. The topological polar surface area (TPSA) is 8.17 Å². The largest absolute Gasteiger partial charge is 0.309 e. The molecule has 0 saturated carbocycles. The number of benzene rings is 7. The number of fused-ring (bicyclic) bond motifs is 5. The predicted octanol–water partition coefficient (Wildman–Crippen LogP) is 12.4. The van der Waals surface area contributed by atoms with Crippen LogP contribution in [0.25, 0.3) is 49.7 Å². The van der Waals surface area contributed by atoms with Gasteiger partial charge in [-0.05, 0) is 95.4 Å². The number of rotatable bonds is 4. The molecule has 2 nitrogen and oxygen atoms in total. The Labute approximate surface area is 277 Å². The standard InChI is InChI=1S/C44H34N2S/c1-47(2)43-25-15-14-24-40(43)45(35-20-10-5-11-21-35)42-30-41-38(29-44(42)47)37-22-12-13-23-39(37)46(41)36-27-33(31-16-6-3-7-17-31)26-34(28-36)32-18-8-4-9-19-32/h3-30H,1-2H3. The van der Waals surface area contributed by atoms with Crippen molar-refractivity contribution in [3.05, 3.63) is 170 Å². The van der Waals surface area contributed by atoms with Crippen molar-refractivity contribution in [2.45, 2.75) is 9.79 Å². The molecule has 8 aromatic rings. The van der Waals surface area contributed by atoms with Crippen molar-refractivity contribution < 1.29 is 0 Å². The number of aromatic nitrogens is 1. The summed E-state index contributed by atoms with van der Waals surface area (Å²) in [5.41, 5.74) is 12.1. The van der Waals surface area contributed by atoms with E-state index in [1.165, 1.54) is 70.9 Å². The maximum Gasteiger partial charge on any atom is 0.0607 e. The number of anilines is 3. The van der Waals surface area contributed by atoms with Gasteiger partial charge in [0.05, 0.1) is 22.4 Å². The molecular formula is C44H34N2S. The first-order chi connectivity index (χ1) is 23.1. The van der Waals surface area contributed by atoms with E-state index in [9.17, 15) is 0 Å². The van der Waals surface area contributed by atoms with Crippen LogP contribution in [0.1, 0.15) is 0 Å². The Hall–Kier alpha value is -5.51. The van der Waals surface area contributed by atoms with E-state index in [2.05, 4.69) is 192 Å². The number of nitrogens with zero attached hydrogens (tertiary/aromatic N) is 2. The molecule has 1 aromatic heterocycles. The number of hydrogen-bond acceptors (Lipinski definition) is 1. The van der Waals surface area contributed by atoms with E-state index >= 15 is 0 Å². The van der Waals surface area contributed by atoms with E-state index in [1.54, 1.807) is 0 Å². The molecule has 1 aliphatic rings. The van der Waals surface area contributed by atoms with Crippen LogP contribution in [0.2, 0.25) is 0 Å². The van der Waals surface area contributed by atoms with E-state index in [-0.39, 0.29) is 0 Å². The minimum atomic E-state index is -1.29. The molecule has 0 unspecified atom stereocenters. The van der Waals surface area contributed by atoms with Crippen LogP contribution < -0.4 is 4.90 Å². The van der Waals surface area contributed by atoms with Gasteiger partial charge >= 0.3 is 0 Å². The van der Waals surface area contributed by atoms with Crippen LogP contribution >= 0.6 is 10.0 Å². The molecule has 0 N–H and O–H groups in total. The Morgan fingerprint density at radius 1 is 0.383 bits per heavy atom. The fourth-order valence-corrected chi connectivity index (χ4v) is 9.78. The van der Waals surface area contributed by atoms with E-state index in [4.69, 9.17) is 0 Å². The average Bonchev–Trinajstić information content (AvgIpc) is 3.45. The fourth-order valence-electron chi connectivity index (χ4n) is 7.36. The maximum atomic E-state index is 2.50. The van der Waals surface area contributed by atoms with Gasteiger partial charge in [0, 0.05) is 31.9 Å². The van der Waals surface area contributed by atoms with Crippen LogP contribution in [0.3, 0.4) is 0 Å². The highest BCUT2D eigenvalue weighted by atomic mass is 32.3. The average molecular weight is 623 g/mol. The Bertz CT molecular complexity index is 2370. The lowest BCUT2D eigenvalue weighted by Crippen LogP contribution is -2.20. The van der Waals surface area contributed by atoms with E-state index in [0.717, 1.165) is 5.69 Å². The molecule has 226 valence electrons. The highest BCUT2D eigenvalue weighted by molar-refractivity contribution is 8.33. The molecule has 7 aromatic carbocycles. The summed E-state index contributed by atoms with van der Waals surface area (Å²) in [7, 11) is -1.29. The summed E-state index contributed by atoms with van der Waals surface area (Å²) in [6.45, 7) is 0. The van der Waals surface area contributed by atoms with Gasteiger partial charge in [0.15, 0.2) is 0 Å². The van der Waals surface area contributed by atoms with Gasteiger partial charge in [0.25, 0.3) is 0 Å². The van der Waals surface area contributed by atoms with E-state index in [0.29, 0.717) is 0 Å². The van der Waals surface area contributed by atoms with Crippen molar-refractivity contribution in [3.63, 3.8) is 0 Å². The van der Waals surface area contributed by atoms with Crippen LogP contribution in [0.4, 0.5) is 17.1 Å². The zero-order valence-corrected chi connectivity index (χ0v) is 27.3. The third-order valence-corrected chi connectivity index (χ3v) is 12.5. The highest BCUT2D eigenvalue weighted by Crippen LogP contribution is 2.68. The van der Waals surface area contributed by atoms with E-state index in [1.807, 2.05) is 0 Å². The monoisotopic (exact) mass is 622 g/mol. The molecule has 0 amide bonds. The quantitative estimate of drug-likeness (QED) is 0.190. The lowest BCUT2D eigenvalue weighted by Gasteiger charge is -2.45. The number of para-hydroxylation sites is 3. The zero-order chi connectivity index (χ0) is 31.5. The molecule has 0 saturated heterocycles. The van der Waals surface area contributed by atoms with Gasteiger partial charge in [0.2, 0.25) is 0 Å². The van der Waals surface area contributed by atoms with Crippen LogP contribution in [0.5, 0.6) is 0 Å². The molecule has 0 spiro atoms. The molecule has 3 heteroatoms. The molecule has 47 heavy (non-hydrogen) atoms. The molecule has 0 radical (unpaired) electrons. The van der Waals surface area contributed by atoms with Crippen LogP contribution in [-0.2, 0) is 0 Å². The molecule has 0 aliphatic carbocycles. The summed E-state index contributed by atoms with van der Waals surface area (Å²) < 4.78 is 2.48. The second kappa shape index (κ2) is 10.8. The van der Waals surface area contributed by atoms with Gasteiger partial charge in [-0.3, -0.25) is 0 Å². The predicted molar refractivity (Wildman–Crippen MR) is 202 cm³/mol. The summed E-state index contributed by atoms with van der Waals surface area (Å²) in [4.78, 5) is 5.31. The lowest BCUT2D eigenvalue weighted by molar-refractivity contribution is 1.14. The molecular weight excluding hydrogens is 589 g/mol. The first-order valence-corrected chi connectivity index (χ1v) is 18.5. The van der Waals surface area contributed by atoms with Crippen molar-refractivity contribution >= 4 is 48.9 Å². The lowest BCUT2D eigenvalue weighted by atomic mass is 9.98. The molecule has 0 atom stereocenters. The summed E-state index contributed by atoms with van der Waals surface area (Å²) in [5, 5.41) is 2.57. The summed E-state index contributed by atoms with van der Waals surface area (Å²) in [6, 6.07) is 62.2. The normalized spacial score (nSPS) is 14.1. The van der Waals surface area contributed by atoms with Gasteiger partial charge < -0.3 is 9.47 Å². The third kappa shape index (κ3) is 4.42. The Morgan fingerprint density at radius 2 is 0.957 bits per heavy atom. The van der Waals surface area contributed by atoms with Gasteiger partial charge in [0.1, 0.15) is 0 Å². The van der Waals surface area contributed by atoms with Crippen LogP contribution in [0, 0.1) is 0 Å². The Morgan fingerprint density at radius 3 is 1.64 bits per heavy atom. The summed E-state index contributed by atoms with van der Waals surface area (Å²) in [6.07, 6.45) is 4.90. The SMILES string of the molecule is CS1(C)c2ccccc2N(c2ccccc2)c2cc3c(cc21)c1ccccc1n3-c1cc(-c2ccccc2)cc(-c2ccccc2)c1. The molecule has 1 aliphatic heterocycles. The summed E-state index contributed by atoms with van der Waals surface area (Å²) >= 11 is 0. The third-order valence-electron chi connectivity index (χ3n) is 9.60. The van der Waals surface area contributed by atoms with Crippen molar-refractivity contribution in [3.8, 4) is 27.9 Å². The van der Waals surface area contributed by atoms with Gasteiger partial charge in [-0.2, -0.15) is 10.0 Å². The van der Waals surface area contributed by atoms with E-state index < -0.39 is 10.0 Å². The van der Waals surface area contributed by atoms with Gasteiger partial charge in [-0.15, -0.1) is 0 Å². The molecule has 0 fully saturated rings. The molecule has 2 heterocycles. The maximum absolute atomic E-state index is 2.50. The van der Waals surface area contributed by atoms with Crippen LogP contribution in [-0.4, -0.2) is 17.1 Å². The van der Waals surface area contributed by atoms with Gasteiger partial charge in [-0.1, -0.05) is 109 Å². The fraction of sp³-hybridized carbons (Fsp3) is 0.0455. The summed E-state index contributed by atoms with van der Waals surface area (Å²) in [5.74, 6) is 0. The van der Waals surface area contributed by atoms with Crippen molar-refractivity contribution in [2.24, 2.45) is 0 Å². The van der Waals surface area contributed by atoms with Crippen molar-refractivity contribution in [1.29, 1.82) is 0 Å². The first kappa shape index (κ1) is 27.8. The van der Waals surface area contributed by atoms with Crippen LogP contribution in [0.15, 0.2) is 180 Å². The molecule has 9 rings (SSSR count). The van der Waals surface area contributed by atoms with Crippen molar-refractivity contribution in [2.75, 3.05) is 17.4 Å². The Kier molecular flexibility index (Phi) is 6.38. The highest BCUT2D eigenvalue weighted by Gasteiger charge is 2.35. The smallest absolute Gasteiger partial charge is 0.0607 e. The van der Waals surface area contributed by atoms with Crippen molar-refractivity contribution in [1.82, 2.24) is 4.57 Å². The molecule has 0 bridgehead atoms. The minimum absolute atomic E-state index is 1.16. The second-order valence-electron chi connectivity index (χ2n) is 12.7. The second-order valence-corrected chi connectivity index (χ2v) is 16.2.